The Kier molecular flexibility index (Phi) is 7.66. The SMILES string of the molecule is CCOC(=O)C(C)(CC1CN(c2ccc(C#CCOC)cc2)C(O)O1)S(C)(=O)=O. The molecule has 1 aromatic rings. The van der Waals surface area contributed by atoms with Gasteiger partial charge in [0.15, 0.2) is 14.6 Å². The number of aliphatic hydroxyl groups excluding tert-OH is 1. The normalized spacial score (nSPS) is 21.2. The zero-order valence-corrected chi connectivity index (χ0v) is 17.9. The minimum atomic E-state index is -3.77. The molecule has 0 radical (unpaired) electrons. The molecule has 29 heavy (non-hydrogen) atoms. The summed E-state index contributed by atoms with van der Waals surface area (Å²) in [6.45, 7) is 3.57. The summed E-state index contributed by atoms with van der Waals surface area (Å²) < 4.78 is 38.2. The predicted molar refractivity (Wildman–Crippen MR) is 108 cm³/mol. The van der Waals surface area contributed by atoms with Gasteiger partial charge in [0.1, 0.15) is 6.61 Å². The van der Waals surface area contributed by atoms with E-state index in [2.05, 4.69) is 11.8 Å². The number of anilines is 1. The summed E-state index contributed by atoms with van der Waals surface area (Å²) in [6, 6.07) is 7.17. The second-order valence-electron chi connectivity index (χ2n) is 6.95. The van der Waals surface area contributed by atoms with Crippen molar-refractivity contribution in [1.82, 2.24) is 0 Å². The number of carbonyl (C=O) groups is 1. The van der Waals surface area contributed by atoms with Crippen molar-refractivity contribution in [1.29, 1.82) is 0 Å². The van der Waals surface area contributed by atoms with Gasteiger partial charge >= 0.3 is 5.97 Å². The number of carbonyl (C=O) groups excluding carboxylic acids is 1. The fourth-order valence-corrected chi connectivity index (χ4v) is 3.84. The number of rotatable bonds is 7. The fourth-order valence-electron chi connectivity index (χ4n) is 2.99. The zero-order chi connectivity index (χ0) is 21.7. The van der Waals surface area contributed by atoms with Crippen LogP contribution in [0.3, 0.4) is 0 Å². The van der Waals surface area contributed by atoms with E-state index in [1.807, 2.05) is 0 Å². The summed E-state index contributed by atoms with van der Waals surface area (Å²) in [7, 11) is -2.20. The molecule has 3 unspecified atom stereocenters. The topological polar surface area (TPSA) is 102 Å². The van der Waals surface area contributed by atoms with E-state index in [9.17, 15) is 18.3 Å². The van der Waals surface area contributed by atoms with Crippen LogP contribution >= 0.6 is 0 Å². The molecule has 1 N–H and O–H groups in total. The first-order valence-corrected chi connectivity index (χ1v) is 11.1. The van der Waals surface area contributed by atoms with Crippen LogP contribution in [-0.2, 0) is 28.8 Å². The van der Waals surface area contributed by atoms with Gasteiger partial charge in [0.05, 0.1) is 12.7 Å². The van der Waals surface area contributed by atoms with Gasteiger partial charge in [-0.1, -0.05) is 11.8 Å². The highest BCUT2D eigenvalue weighted by Gasteiger charge is 2.49. The first kappa shape index (κ1) is 23.2. The minimum Gasteiger partial charge on any atom is -0.465 e. The number of methoxy groups -OCH3 is 1. The van der Waals surface area contributed by atoms with Crippen LogP contribution in [-0.4, -0.2) is 69.9 Å². The smallest absolute Gasteiger partial charge is 0.327 e. The van der Waals surface area contributed by atoms with Crippen LogP contribution in [0.15, 0.2) is 24.3 Å². The molecule has 1 saturated heterocycles. The van der Waals surface area contributed by atoms with Crippen LogP contribution in [0, 0.1) is 11.8 Å². The molecule has 1 aromatic carbocycles. The van der Waals surface area contributed by atoms with E-state index in [0.717, 1.165) is 11.8 Å². The monoisotopic (exact) mass is 425 g/mol. The number of aliphatic hydroxyl groups is 1. The standard InChI is InChI=1S/C20H27NO7S/c1-5-27-18(22)20(2,29(4,24)25)13-17-14-21(19(23)28-17)16-10-8-15(9-11-16)7-6-12-26-3/h8-11,17,19,23H,5,12-14H2,1-4H3. The maximum absolute atomic E-state index is 12.3. The third kappa shape index (κ3) is 5.48. The molecule has 0 saturated carbocycles. The molecule has 8 nitrogen and oxygen atoms in total. The molecular weight excluding hydrogens is 398 g/mol. The Morgan fingerprint density at radius 1 is 1.38 bits per heavy atom. The van der Waals surface area contributed by atoms with Crippen molar-refractivity contribution < 1.29 is 32.5 Å². The Hall–Kier alpha value is -2.12. The second-order valence-corrected chi connectivity index (χ2v) is 9.39. The molecule has 160 valence electrons. The van der Waals surface area contributed by atoms with Crippen molar-refractivity contribution in [2.75, 3.05) is 38.0 Å². The summed E-state index contributed by atoms with van der Waals surface area (Å²) in [5, 5.41) is 10.3. The average molecular weight is 426 g/mol. The lowest BCUT2D eigenvalue weighted by Gasteiger charge is -2.27. The number of hydrogen-bond donors (Lipinski definition) is 1. The molecule has 9 heteroatoms. The molecule has 0 bridgehead atoms. The van der Waals surface area contributed by atoms with Gasteiger partial charge in [-0.3, -0.25) is 4.79 Å². The van der Waals surface area contributed by atoms with Gasteiger partial charge in [-0.2, -0.15) is 0 Å². The Morgan fingerprint density at radius 3 is 2.59 bits per heavy atom. The highest BCUT2D eigenvalue weighted by molar-refractivity contribution is 7.92. The lowest BCUT2D eigenvalue weighted by atomic mass is 10.0. The van der Waals surface area contributed by atoms with Crippen LogP contribution in [0.5, 0.6) is 0 Å². The summed E-state index contributed by atoms with van der Waals surface area (Å²) in [5.41, 5.74) is 1.48. The van der Waals surface area contributed by atoms with E-state index in [1.54, 1.807) is 43.2 Å². The Balaban J connectivity index is 2.14. The largest absolute Gasteiger partial charge is 0.465 e. The summed E-state index contributed by atoms with van der Waals surface area (Å²) >= 11 is 0. The quantitative estimate of drug-likeness (QED) is 0.508. The minimum absolute atomic E-state index is 0.0733. The first-order chi connectivity index (χ1) is 13.6. The second kappa shape index (κ2) is 9.59. The molecule has 0 spiro atoms. The molecule has 1 heterocycles. The van der Waals surface area contributed by atoms with Crippen molar-refractivity contribution in [2.45, 2.75) is 37.5 Å². The molecule has 2 rings (SSSR count). The molecule has 1 aliphatic rings. The van der Waals surface area contributed by atoms with E-state index in [-0.39, 0.29) is 19.6 Å². The van der Waals surface area contributed by atoms with E-state index >= 15 is 0 Å². The van der Waals surface area contributed by atoms with Gasteiger partial charge in [-0.15, -0.1) is 0 Å². The number of hydrogen-bond acceptors (Lipinski definition) is 8. The Morgan fingerprint density at radius 2 is 2.03 bits per heavy atom. The van der Waals surface area contributed by atoms with Gasteiger partial charge in [-0.25, -0.2) is 8.42 Å². The predicted octanol–water partition coefficient (Wildman–Crippen LogP) is 0.922. The zero-order valence-electron chi connectivity index (χ0n) is 17.0. The van der Waals surface area contributed by atoms with Crippen LogP contribution in [0.25, 0.3) is 0 Å². The Bertz CT molecular complexity index is 872. The van der Waals surface area contributed by atoms with Crippen molar-refractivity contribution in [3.05, 3.63) is 29.8 Å². The average Bonchev–Trinajstić information content (AvgIpc) is 3.01. The van der Waals surface area contributed by atoms with Crippen molar-refractivity contribution in [3.63, 3.8) is 0 Å². The lowest BCUT2D eigenvalue weighted by molar-refractivity contribution is -0.148. The van der Waals surface area contributed by atoms with Crippen LogP contribution < -0.4 is 4.90 Å². The van der Waals surface area contributed by atoms with E-state index < -0.39 is 33.1 Å². The third-order valence-corrected chi connectivity index (χ3v) is 6.74. The van der Waals surface area contributed by atoms with Crippen molar-refractivity contribution in [2.24, 2.45) is 0 Å². The van der Waals surface area contributed by atoms with E-state index in [0.29, 0.717) is 12.3 Å². The highest BCUT2D eigenvalue weighted by Crippen LogP contribution is 2.31. The number of esters is 1. The molecular formula is C20H27NO7S. The first-order valence-electron chi connectivity index (χ1n) is 9.17. The summed E-state index contributed by atoms with van der Waals surface area (Å²) in [4.78, 5) is 13.9. The number of sulfone groups is 1. The molecule has 0 aromatic heterocycles. The van der Waals surface area contributed by atoms with Crippen LogP contribution in [0.1, 0.15) is 25.8 Å². The highest BCUT2D eigenvalue weighted by atomic mass is 32.2. The maximum atomic E-state index is 12.3. The molecule has 1 aliphatic heterocycles. The van der Waals surface area contributed by atoms with Gasteiger partial charge in [0.2, 0.25) is 6.41 Å². The maximum Gasteiger partial charge on any atom is 0.327 e. The molecule has 0 amide bonds. The van der Waals surface area contributed by atoms with Gasteiger partial charge in [-0.05, 0) is 38.1 Å². The number of nitrogens with zero attached hydrogens (tertiary/aromatic N) is 1. The molecule has 1 fully saturated rings. The summed E-state index contributed by atoms with van der Waals surface area (Å²) in [6.07, 6.45) is -1.05. The van der Waals surface area contributed by atoms with Gasteiger partial charge in [0.25, 0.3) is 0 Å². The van der Waals surface area contributed by atoms with Gasteiger partial charge in [0, 0.05) is 37.6 Å². The third-order valence-electron chi connectivity index (χ3n) is 4.77. The number of ether oxygens (including phenoxy) is 3. The van der Waals surface area contributed by atoms with E-state index in [1.165, 1.54) is 6.92 Å². The van der Waals surface area contributed by atoms with Crippen molar-refractivity contribution >= 4 is 21.5 Å². The van der Waals surface area contributed by atoms with Crippen LogP contribution in [0.4, 0.5) is 5.69 Å². The fraction of sp³-hybridized carbons (Fsp3) is 0.550. The Labute approximate surface area is 171 Å². The lowest BCUT2D eigenvalue weighted by Crippen LogP contribution is -2.47. The summed E-state index contributed by atoms with van der Waals surface area (Å²) in [5.74, 6) is 4.99. The number of benzene rings is 1. The van der Waals surface area contributed by atoms with E-state index in [4.69, 9.17) is 14.2 Å². The molecule has 0 aliphatic carbocycles. The van der Waals surface area contributed by atoms with Gasteiger partial charge < -0.3 is 24.2 Å². The molecule has 3 atom stereocenters. The van der Waals surface area contributed by atoms with Crippen LogP contribution in [0.2, 0.25) is 0 Å². The van der Waals surface area contributed by atoms with Crippen molar-refractivity contribution in [3.8, 4) is 11.8 Å².